The Morgan fingerprint density at radius 3 is 2.52 bits per heavy atom. The van der Waals surface area contributed by atoms with Crippen LogP contribution in [0.2, 0.25) is 0 Å². The first-order valence-electron chi connectivity index (χ1n) is 10.3. The third kappa shape index (κ3) is 4.78. The zero-order chi connectivity index (χ0) is 20.2. The van der Waals surface area contributed by atoms with Gasteiger partial charge in [0, 0.05) is 19.0 Å². The molecule has 1 saturated heterocycles. The van der Waals surface area contributed by atoms with Gasteiger partial charge < -0.3 is 4.90 Å². The summed E-state index contributed by atoms with van der Waals surface area (Å²) in [4.78, 5) is 24.6. The molecular formula is C24H27N3OS. The molecule has 0 bridgehead atoms. The van der Waals surface area contributed by atoms with Crippen LogP contribution in [0.1, 0.15) is 43.0 Å². The zero-order valence-electron chi connectivity index (χ0n) is 17.1. The molecule has 5 heteroatoms. The Labute approximate surface area is 176 Å². The number of benzene rings is 2. The molecule has 4 nitrogen and oxygen atoms in total. The van der Waals surface area contributed by atoms with Crippen LogP contribution in [0, 0.1) is 6.92 Å². The lowest BCUT2D eigenvalue weighted by Gasteiger charge is -2.33. The van der Waals surface area contributed by atoms with Crippen molar-refractivity contribution in [3.8, 4) is 0 Å². The molecule has 0 saturated carbocycles. The van der Waals surface area contributed by atoms with E-state index in [9.17, 15) is 4.79 Å². The molecule has 0 N–H and O–H groups in total. The van der Waals surface area contributed by atoms with Gasteiger partial charge in [-0.3, -0.25) is 4.79 Å². The van der Waals surface area contributed by atoms with Gasteiger partial charge in [-0.05, 0) is 50.8 Å². The van der Waals surface area contributed by atoms with E-state index >= 15 is 0 Å². The second-order valence-electron chi connectivity index (χ2n) is 7.85. The van der Waals surface area contributed by atoms with E-state index in [1.807, 2.05) is 29.2 Å². The Kier molecular flexibility index (Phi) is 6.14. The lowest BCUT2D eigenvalue weighted by molar-refractivity contribution is -0.131. The third-order valence-corrected chi connectivity index (χ3v) is 6.55. The summed E-state index contributed by atoms with van der Waals surface area (Å²) in [6.45, 7) is 5.12. The van der Waals surface area contributed by atoms with E-state index in [1.165, 1.54) is 29.3 Å². The Morgan fingerprint density at radius 1 is 1.07 bits per heavy atom. The van der Waals surface area contributed by atoms with Gasteiger partial charge in [0.2, 0.25) is 5.91 Å². The van der Waals surface area contributed by atoms with Crippen molar-refractivity contribution in [1.82, 2.24) is 14.9 Å². The molecule has 3 aromatic rings. The smallest absolute Gasteiger partial charge is 0.233 e. The van der Waals surface area contributed by atoms with Crippen LogP contribution in [0.25, 0.3) is 11.0 Å². The number of piperidine rings is 1. The number of carbonyl (C=O) groups is 1. The second-order valence-corrected chi connectivity index (χ2v) is 8.81. The van der Waals surface area contributed by atoms with Gasteiger partial charge in [0.25, 0.3) is 0 Å². The Morgan fingerprint density at radius 2 is 1.79 bits per heavy atom. The maximum Gasteiger partial charge on any atom is 0.233 e. The molecule has 1 amide bonds. The van der Waals surface area contributed by atoms with E-state index < -0.39 is 0 Å². The molecule has 0 radical (unpaired) electrons. The van der Waals surface area contributed by atoms with E-state index in [1.54, 1.807) is 0 Å². The van der Waals surface area contributed by atoms with Crippen LogP contribution < -0.4 is 0 Å². The molecule has 1 fully saturated rings. The van der Waals surface area contributed by atoms with Crippen LogP contribution in [-0.2, 0) is 11.2 Å². The fourth-order valence-electron chi connectivity index (χ4n) is 3.83. The van der Waals surface area contributed by atoms with E-state index in [-0.39, 0.29) is 5.91 Å². The van der Waals surface area contributed by atoms with Crippen LogP contribution >= 0.6 is 11.8 Å². The Hall–Kier alpha value is -2.40. The number of aryl methyl sites for hydroxylation is 1. The van der Waals surface area contributed by atoms with Crippen molar-refractivity contribution in [2.45, 2.75) is 50.6 Å². The molecule has 4 rings (SSSR count). The first-order chi connectivity index (χ1) is 14.1. The topological polar surface area (TPSA) is 46.1 Å². The highest BCUT2D eigenvalue weighted by molar-refractivity contribution is 7.99. The van der Waals surface area contributed by atoms with Gasteiger partial charge in [-0.15, -0.1) is 0 Å². The molecule has 2 heterocycles. The number of para-hydroxylation sites is 2. The number of rotatable bonds is 5. The molecular weight excluding hydrogens is 378 g/mol. The molecule has 0 spiro atoms. The first-order valence-corrected chi connectivity index (χ1v) is 11.3. The summed E-state index contributed by atoms with van der Waals surface area (Å²) < 4.78 is 0. The number of carbonyl (C=O) groups excluding carboxylic acids is 1. The van der Waals surface area contributed by atoms with Crippen LogP contribution in [-0.4, -0.2) is 39.1 Å². The van der Waals surface area contributed by atoms with Crippen molar-refractivity contribution in [1.29, 1.82) is 0 Å². The number of hydrogen-bond acceptors (Lipinski definition) is 4. The standard InChI is InChI=1S/C24H27N3OS/c1-17-10-12-19(13-11-17)15-22-24(26-21-9-4-3-8-20(21)25-22)29-16-23(28)27-14-6-5-7-18(27)2/h3-4,8-13,18H,5-7,14-16H2,1-2H3/t18-/m1/s1. The van der Waals surface area contributed by atoms with Gasteiger partial charge in [0.15, 0.2) is 0 Å². The largest absolute Gasteiger partial charge is 0.339 e. The molecule has 2 aromatic carbocycles. The molecule has 1 aromatic heterocycles. The minimum Gasteiger partial charge on any atom is -0.339 e. The molecule has 0 aliphatic carbocycles. The number of fused-ring (bicyclic) bond motifs is 1. The molecule has 29 heavy (non-hydrogen) atoms. The summed E-state index contributed by atoms with van der Waals surface area (Å²) in [6.07, 6.45) is 4.14. The number of hydrogen-bond donors (Lipinski definition) is 0. The zero-order valence-corrected chi connectivity index (χ0v) is 17.9. The highest BCUT2D eigenvalue weighted by atomic mass is 32.2. The average molecular weight is 406 g/mol. The SMILES string of the molecule is Cc1ccc(Cc2nc3ccccc3nc2SCC(=O)N2CCCC[C@H]2C)cc1. The molecule has 1 aliphatic heterocycles. The van der Waals surface area contributed by atoms with Crippen molar-refractivity contribution < 1.29 is 4.79 Å². The highest BCUT2D eigenvalue weighted by Crippen LogP contribution is 2.26. The Bertz CT molecular complexity index is 1000. The van der Waals surface area contributed by atoms with E-state index in [4.69, 9.17) is 9.97 Å². The number of aromatic nitrogens is 2. The quantitative estimate of drug-likeness (QED) is 0.559. The van der Waals surface area contributed by atoms with Gasteiger partial charge >= 0.3 is 0 Å². The van der Waals surface area contributed by atoms with Gasteiger partial charge in [-0.2, -0.15) is 0 Å². The fraction of sp³-hybridized carbons (Fsp3) is 0.375. The summed E-state index contributed by atoms with van der Waals surface area (Å²) in [6, 6.07) is 16.8. The molecule has 0 unspecified atom stereocenters. The monoisotopic (exact) mass is 405 g/mol. The van der Waals surface area contributed by atoms with Crippen LogP contribution in [0.15, 0.2) is 53.6 Å². The third-order valence-electron chi connectivity index (χ3n) is 5.55. The number of nitrogens with zero attached hydrogens (tertiary/aromatic N) is 3. The lowest BCUT2D eigenvalue weighted by atomic mass is 10.0. The highest BCUT2D eigenvalue weighted by Gasteiger charge is 2.23. The van der Waals surface area contributed by atoms with Gasteiger partial charge in [0.1, 0.15) is 5.03 Å². The van der Waals surface area contributed by atoms with Crippen molar-refractivity contribution >= 4 is 28.7 Å². The number of thioether (sulfide) groups is 1. The van der Waals surface area contributed by atoms with Crippen molar-refractivity contribution in [3.05, 3.63) is 65.4 Å². The molecule has 150 valence electrons. The minimum absolute atomic E-state index is 0.207. The van der Waals surface area contributed by atoms with Crippen LogP contribution in [0.3, 0.4) is 0 Å². The predicted octanol–water partition coefficient (Wildman–Crippen LogP) is 5.02. The normalized spacial score (nSPS) is 16.9. The number of amides is 1. The summed E-state index contributed by atoms with van der Waals surface area (Å²) >= 11 is 1.52. The van der Waals surface area contributed by atoms with Crippen molar-refractivity contribution in [3.63, 3.8) is 0 Å². The second kappa shape index (κ2) is 8.95. The maximum atomic E-state index is 12.8. The lowest BCUT2D eigenvalue weighted by Crippen LogP contribution is -2.42. The summed E-state index contributed by atoms with van der Waals surface area (Å²) in [5.74, 6) is 0.622. The van der Waals surface area contributed by atoms with Gasteiger partial charge in [-0.1, -0.05) is 53.7 Å². The van der Waals surface area contributed by atoms with Crippen molar-refractivity contribution in [2.24, 2.45) is 0 Å². The average Bonchev–Trinajstić information content (AvgIpc) is 2.74. The van der Waals surface area contributed by atoms with E-state index in [0.717, 1.165) is 47.6 Å². The summed E-state index contributed by atoms with van der Waals surface area (Å²) in [7, 11) is 0. The van der Waals surface area contributed by atoms with Crippen molar-refractivity contribution in [2.75, 3.05) is 12.3 Å². The number of likely N-dealkylation sites (tertiary alicyclic amines) is 1. The maximum absolute atomic E-state index is 12.8. The summed E-state index contributed by atoms with van der Waals surface area (Å²) in [5.41, 5.74) is 5.17. The van der Waals surface area contributed by atoms with E-state index in [0.29, 0.717) is 11.8 Å². The fourth-order valence-corrected chi connectivity index (χ4v) is 4.71. The summed E-state index contributed by atoms with van der Waals surface area (Å²) in [5, 5.41) is 0.863. The first kappa shape index (κ1) is 19.9. The molecule has 1 atom stereocenters. The van der Waals surface area contributed by atoms with Gasteiger partial charge in [-0.25, -0.2) is 9.97 Å². The van der Waals surface area contributed by atoms with Crippen LogP contribution in [0.5, 0.6) is 0 Å². The molecule has 1 aliphatic rings. The predicted molar refractivity (Wildman–Crippen MR) is 119 cm³/mol. The van der Waals surface area contributed by atoms with Crippen LogP contribution in [0.4, 0.5) is 0 Å². The Balaban J connectivity index is 1.57. The van der Waals surface area contributed by atoms with E-state index in [2.05, 4.69) is 38.1 Å². The minimum atomic E-state index is 0.207. The van der Waals surface area contributed by atoms with Gasteiger partial charge in [0.05, 0.1) is 22.5 Å².